The molecule has 1 aliphatic heterocycles. The number of hydrogen-bond donors (Lipinski definition) is 6. The number of carbonyl (C=O) groups excluding carboxylic acids is 9. The van der Waals surface area contributed by atoms with E-state index in [9.17, 15) is 51.6 Å². The smallest absolute Gasteiger partial charge is 0.410 e. The molecule has 1 aliphatic carbocycles. The van der Waals surface area contributed by atoms with Gasteiger partial charge in [0.2, 0.25) is 33.7 Å². The molecule has 0 bridgehead atoms. The van der Waals surface area contributed by atoms with Crippen molar-refractivity contribution >= 4 is 68.9 Å². The van der Waals surface area contributed by atoms with Crippen LogP contribution in [0.1, 0.15) is 138 Å². The lowest BCUT2D eigenvalue weighted by atomic mass is 9.83. The summed E-state index contributed by atoms with van der Waals surface area (Å²) >= 11 is 0. The van der Waals surface area contributed by atoms with Gasteiger partial charge in [0.25, 0.3) is 5.91 Å². The number of ketones is 2. The molecule has 1 heterocycles. The Kier molecular flexibility index (Phi) is 28.8. The summed E-state index contributed by atoms with van der Waals surface area (Å²) in [5.74, 6) is -6.43. The third-order valence-corrected chi connectivity index (χ3v) is 18.9. The predicted octanol–water partition coefficient (Wildman–Crippen LogP) is 5.71. The number of methoxy groups -OCH3 is 2. The summed E-state index contributed by atoms with van der Waals surface area (Å²) in [7, 11) is 2.17. The Labute approximate surface area is 515 Å². The van der Waals surface area contributed by atoms with Crippen molar-refractivity contribution in [3.05, 3.63) is 65.7 Å². The summed E-state index contributed by atoms with van der Waals surface area (Å²) in [6.07, 6.45) is 0.578. The molecule has 2 aromatic rings. The first-order chi connectivity index (χ1) is 41.0. The lowest BCUT2D eigenvalue weighted by Gasteiger charge is -2.41. The molecule has 0 radical (unpaired) electrons. The highest BCUT2D eigenvalue weighted by atomic mass is 32.2. The maximum Gasteiger partial charge on any atom is 0.410 e. The van der Waals surface area contributed by atoms with E-state index in [1.54, 1.807) is 86.1 Å². The van der Waals surface area contributed by atoms with Crippen molar-refractivity contribution < 1.29 is 65.8 Å². The van der Waals surface area contributed by atoms with Crippen LogP contribution in [0, 0.1) is 41.4 Å². The average molecular weight is 1240 g/mol. The fourth-order valence-electron chi connectivity index (χ4n) is 11.5. The lowest BCUT2D eigenvalue weighted by Crippen LogP contribution is -2.55. The van der Waals surface area contributed by atoms with Crippen molar-refractivity contribution in [2.45, 2.75) is 187 Å². The zero-order chi connectivity index (χ0) is 65.0. The zero-order valence-electron chi connectivity index (χ0n) is 53.4. The van der Waals surface area contributed by atoms with Gasteiger partial charge in [-0.1, -0.05) is 111 Å². The minimum absolute atomic E-state index is 0.0319. The topological polar surface area (TPSA) is 325 Å². The number of carbonyl (C=O) groups is 9. The van der Waals surface area contributed by atoms with E-state index >= 15 is 0 Å². The van der Waals surface area contributed by atoms with Crippen molar-refractivity contribution in [2.24, 2.45) is 52.9 Å². The lowest BCUT2D eigenvalue weighted by molar-refractivity contribution is -0.149. The van der Waals surface area contributed by atoms with E-state index in [0.717, 1.165) is 0 Å². The Morgan fingerprint density at radius 3 is 1.94 bits per heavy atom. The van der Waals surface area contributed by atoms with E-state index in [1.807, 2.05) is 47.6 Å². The number of ether oxygens (including phenoxy) is 3. The van der Waals surface area contributed by atoms with Crippen LogP contribution in [-0.4, -0.2) is 165 Å². The molecule has 11 atom stereocenters. The number of rotatable bonds is 36. The number of likely N-dealkylation sites (N-methyl/N-ethyl adjacent to an activating group) is 2. The largest absolute Gasteiger partial charge is 0.445 e. The predicted molar refractivity (Wildman–Crippen MR) is 331 cm³/mol. The number of nitrogens with two attached hydrogens (primary N) is 2. The van der Waals surface area contributed by atoms with Crippen LogP contribution < -0.4 is 32.1 Å². The molecule has 2 fully saturated rings. The SMILES string of the molecule is CC[C@H](C)[C@@H]([C@@H](CC(=O)N1CCC[C@H]1[C@H](OC)[C@@H](C)C(=O)N[C@@H](Cc1ccccc1)C(=O)NS(=O)(=O)C1CC1)OC)N(C)C(=O)[C@@H](CC(=O)[C@H](C(C)C)N(C)C(=O)OCc1ccc(NC(=O)[C@H](CCCNC(N)=O)CC(=O)[C@@H](N)C(C)C)cc1)C(C)C. The Morgan fingerprint density at radius 2 is 1.39 bits per heavy atom. The van der Waals surface area contributed by atoms with E-state index < -0.39 is 105 Å². The summed E-state index contributed by atoms with van der Waals surface area (Å²) in [6, 6.07) is 10.7. The summed E-state index contributed by atoms with van der Waals surface area (Å²) in [6.45, 7) is 17.0. The number of urea groups is 1. The van der Waals surface area contributed by atoms with Crippen LogP contribution in [0.2, 0.25) is 0 Å². The monoisotopic (exact) mass is 1240 g/mol. The first-order valence-electron chi connectivity index (χ1n) is 30.6. The van der Waals surface area contributed by atoms with Gasteiger partial charge in [0.1, 0.15) is 12.6 Å². The number of Topliss-reactive ketones (excluding diaryl/α,β-unsaturated/α-hetero) is 2. The minimum Gasteiger partial charge on any atom is -0.445 e. The third-order valence-electron chi connectivity index (χ3n) is 17.1. The van der Waals surface area contributed by atoms with E-state index in [4.69, 9.17) is 25.7 Å². The number of primary amides is 1. The summed E-state index contributed by atoms with van der Waals surface area (Å²) < 4.78 is 45.6. The fourth-order valence-corrected chi connectivity index (χ4v) is 12.9. The van der Waals surface area contributed by atoms with Gasteiger partial charge < -0.3 is 56.3 Å². The van der Waals surface area contributed by atoms with E-state index in [0.29, 0.717) is 68.3 Å². The van der Waals surface area contributed by atoms with E-state index in [-0.39, 0.29) is 85.9 Å². The summed E-state index contributed by atoms with van der Waals surface area (Å²) in [5, 5.41) is 7.47. The van der Waals surface area contributed by atoms with Gasteiger partial charge in [-0.05, 0) is 85.5 Å². The standard InChI is InChI=1S/C63H99N9O14S/c1-14-40(8)56(52(84-12)35-53(75)72-31-19-23-49(72)57(85-13)41(9)58(76)68-48(32-42-20-16-15-17-21-42)60(78)69-87(82,83)46-28-29-46)70(10)61(79)47(37(2)3)34-51(74)55(39(6)7)71(11)63(81)86-36-43-24-26-45(27-25-43)67-59(77)44(22-18-30-66-62(65)80)33-50(73)54(64)38(4)5/h15-17,20-21,24-27,37-41,44,46-49,52,54-57H,14,18-19,22-23,28-36,64H2,1-13H3,(H,67,77)(H,68,76)(H,69,78)(H3,65,66,80)/t40-,41+,44+,47-,48-,49-,52+,54-,55-,56-,57+/m0/s1. The molecular formula is C63H99N9O14S. The van der Waals surface area contributed by atoms with Gasteiger partial charge in [0.05, 0.1) is 54.0 Å². The molecule has 8 amide bonds. The number of benzene rings is 2. The van der Waals surface area contributed by atoms with Crippen molar-refractivity contribution in [1.29, 1.82) is 0 Å². The molecular weight excluding hydrogens is 1140 g/mol. The quantitative estimate of drug-likeness (QED) is 0.0445. The van der Waals surface area contributed by atoms with Gasteiger partial charge in [0.15, 0.2) is 11.6 Å². The Morgan fingerprint density at radius 1 is 0.747 bits per heavy atom. The second-order valence-corrected chi connectivity index (χ2v) is 26.6. The van der Waals surface area contributed by atoms with Crippen LogP contribution in [0.5, 0.6) is 0 Å². The van der Waals surface area contributed by atoms with Gasteiger partial charge in [-0.2, -0.15) is 0 Å². The molecule has 2 aliphatic rings. The van der Waals surface area contributed by atoms with Crippen LogP contribution in [-0.2, 0) is 70.8 Å². The molecule has 1 saturated heterocycles. The number of likely N-dealkylation sites (tertiary alicyclic amines) is 1. The van der Waals surface area contributed by atoms with Gasteiger partial charge >= 0.3 is 12.1 Å². The highest BCUT2D eigenvalue weighted by Gasteiger charge is 2.45. The second-order valence-electron chi connectivity index (χ2n) is 24.7. The maximum absolute atomic E-state index is 14.9. The minimum atomic E-state index is -3.91. The Bertz CT molecular complexity index is 2750. The first-order valence-corrected chi connectivity index (χ1v) is 32.2. The molecule has 2 aromatic carbocycles. The number of hydrogen-bond acceptors (Lipinski definition) is 15. The molecule has 0 aromatic heterocycles. The molecule has 4 rings (SSSR count). The average Bonchev–Trinajstić information content (AvgIpc) is 2.46. The number of sulfonamides is 1. The Balaban J connectivity index is 1.42. The molecule has 8 N–H and O–H groups in total. The van der Waals surface area contributed by atoms with Gasteiger partial charge in [-0.15, -0.1) is 0 Å². The molecule has 0 unspecified atom stereocenters. The molecule has 0 spiro atoms. The number of nitrogens with zero attached hydrogens (tertiary/aromatic N) is 3. The van der Waals surface area contributed by atoms with Crippen LogP contribution in [0.3, 0.4) is 0 Å². The number of anilines is 1. The fraction of sp³-hybridized carbons (Fsp3) is 0.667. The van der Waals surface area contributed by atoms with E-state index in [2.05, 4.69) is 20.7 Å². The van der Waals surface area contributed by atoms with Crippen molar-refractivity contribution in [1.82, 2.24) is 30.1 Å². The summed E-state index contributed by atoms with van der Waals surface area (Å²) in [4.78, 5) is 127. The first kappa shape index (κ1) is 73.0. The Hall–Kier alpha value is -6.50. The maximum atomic E-state index is 14.9. The van der Waals surface area contributed by atoms with Crippen LogP contribution in [0.15, 0.2) is 54.6 Å². The highest BCUT2D eigenvalue weighted by molar-refractivity contribution is 7.90. The van der Waals surface area contributed by atoms with Crippen LogP contribution in [0.25, 0.3) is 0 Å². The normalized spacial score (nSPS) is 17.8. The molecule has 23 nitrogen and oxygen atoms in total. The van der Waals surface area contributed by atoms with Gasteiger partial charge in [-0.3, -0.25) is 38.3 Å². The van der Waals surface area contributed by atoms with Gasteiger partial charge in [-0.25, -0.2) is 18.0 Å². The highest BCUT2D eigenvalue weighted by Crippen LogP contribution is 2.32. The second kappa shape index (κ2) is 34.3. The molecule has 486 valence electrons. The molecule has 24 heteroatoms. The van der Waals surface area contributed by atoms with Crippen molar-refractivity contribution in [3.63, 3.8) is 0 Å². The van der Waals surface area contributed by atoms with Crippen LogP contribution in [0.4, 0.5) is 15.3 Å². The van der Waals surface area contributed by atoms with E-state index in [1.165, 1.54) is 26.2 Å². The molecule has 1 saturated carbocycles. The number of nitrogens with one attached hydrogen (secondary N) is 4. The zero-order valence-corrected chi connectivity index (χ0v) is 54.2. The number of amides is 8. The third kappa shape index (κ3) is 21.4. The van der Waals surface area contributed by atoms with Crippen molar-refractivity contribution in [3.8, 4) is 0 Å². The van der Waals surface area contributed by atoms with Crippen LogP contribution >= 0.6 is 0 Å². The summed E-state index contributed by atoms with van der Waals surface area (Å²) in [5.41, 5.74) is 13.0. The molecule has 87 heavy (non-hydrogen) atoms. The van der Waals surface area contributed by atoms with Crippen molar-refractivity contribution in [2.75, 3.05) is 46.7 Å². The van der Waals surface area contributed by atoms with Gasteiger partial charge in [0, 0.05) is 78.2 Å².